The van der Waals surface area contributed by atoms with E-state index in [1.54, 1.807) is 6.20 Å². The predicted molar refractivity (Wildman–Crippen MR) is 66.8 cm³/mol. The first kappa shape index (κ1) is 11.4. The minimum Gasteiger partial charge on any atom is -0.374 e. The first-order valence-electron chi connectivity index (χ1n) is 5.37. The Bertz CT molecular complexity index is 498. The molecule has 0 bridgehead atoms. The molecular formula is C13H14ClNO. The Morgan fingerprint density at radius 3 is 2.88 bits per heavy atom. The lowest BCUT2D eigenvalue weighted by atomic mass is 10.1. The zero-order valence-electron chi connectivity index (χ0n) is 9.40. The molecule has 0 aliphatic heterocycles. The zero-order chi connectivity index (χ0) is 11.5. The van der Waals surface area contributed by atoms with Crippen LogP contribution in [-0.4, -0.2) is 11.6 Å². The summed E-state index contributed by atoms with van der Waals surface area (Å²) in [5, 5.41) is 2.72. The van der Waals surface area contributed by atoms with Gasteiger partial charge in [0.15, 0.2) is 0 Å². The van der Waals surface area contributed by atoms with E-state index in [4.69, 9.17) is 16.3 Å². The van der Waals surface area contributed by atoms with Gasteiger partial charge in [0.1, 0.15) is 5.15 Å². The van der Waals surface area contributed by atoms with E-state index in [-0.39, 0.29) is 6.10 Å². The van der Waals surface area contributed by atoms with Gasteiger partial charge in [0.2, 0.25) is 0 Å². The topological polar surface area (TPSA) is 22.1 Å². The second kappa shape index (κ2) is 4.81. The highest BCUT2D eigenvalue weighted by atomic mass is 35.5. The largest absolute Gasteiger partial charge is 0.374 e. The summed E-state index contributed by atoms with van der Waals surface area (Å²) < 4.78 is 5.56. The van der Waals surface area contributed by atoms with Gasteiger partial charge in [-0.2, -0.15) is 0 Å². The number of rotatable bonds is 3. The first-order valence-corrected chi connectivity index (χ1v) is 5.75. The molecule has 0 amide bonds. The summed E-state index contributed by atoms with van der Waals surface area (Å²) >= 11 is 5.87. The predicted octanol–water partition coefficient (Wildman–Crippen LogP) is 3.99. The zero-order valence-corrected chi connectivity index (χ0v) is 10.2. The quantitative estimate of drug-likeness (QED) is 0.751. The lowest BCUT2D eigenvalue weighted by Crippen LogP contribution is -1.99. The molecule has 2 rings (SSSR count). The highest BCUT2D eigenvalue weighted by molar-refractivity contribution is 6.30. The van der Waals surface area contributed by atoms with Gasteiger partial charge in [-0.1, -0.05) is 23.7 Å². The van der Waals surface area contributed by atoms with Crippen molar-refractivity contribution in [3.05, 3.63) is 41.2 Å². The van der Waals surface area contributed by atoms with Gasteiger partial charge in [0, 0.05) is 18.2 Å². The van der Waals surface area contributed by atoms with Crippen LogP contribution in [0.5, 0.6) is 0 Å². The third-order valence-electron chi connectivity index (χ3n) is 2.60. The van der Waals surface area contributed by atoms with E-state index in [9.17, 15) is 0 Å². The van der Waals surface area contributed by atoms with Crippen molar-refractivity contribution < 1.29 is 4.74 Å². The summed E-state index contributed by atoms with van der Waals surface area (Å²) in [7, 11) is 0. The smallest absolute Gasteiger partial charge is 0.129 e. The minimum absolute atomic E-state index is 0.112. The number of pyridine rings is 1. The third-order valence-corrected chi connectivity index (χ3v) is 2.81. The molecule has 1 atom stereocenters. The molecule has 1 unspecified atom stereocenters. The lowest BCUT2D eigenvalue weighted by Gasteiger charge is -2.12. The Hall–Kier alpha value is -1.12. The molecule has 1 heterocycles. The second-order valence-electron chi connectivity index (χ2n) is 3.71. The standard InChI is InChI=1S/C13H14ClNO/c1-3-16-9(2)10-4-5-11-8-15-13(14)7-12(11)6-10/h4-9H,3H2,1-2H3. The molecule has 0 saturated heterocycles. The van der Waals surface area contributed by atoms with Crippen LogP contribution >= 0.6 is 11.6 Å². The molecule has 0 spiro atoms. The minimum atomic E-state index is 0.112. The molecule has 0 aliphatic carbocycles. The van der Waals surface area contributed by atoms with Crippen molar-refractivity contribution in [2.24, 2.45) is 0 Å². The van der Waals surface area contributed by atoms with Crippen molar-refractivity contribution in [1.82, 2.24) is 4.98 Å². The number of hydrogen-bond donors (Lipinski definition) is 0. The third kappa shape index (κ3) is 2.34. The summed E-state index contributed by atoms with van der Waals surface area (Å²) in [6.07, 6.45) is 1.90. The van der Waals surface area contributed by atoms with Crippen LogP contribution in [0, 0.1) is 0 Å². The Kier molecular flexibility index (Phi) is 3.42. The van der Waals surface area contributed by atoms with Gasteiger partial charge in [-0.15, -0.1) is 0 Å². The van der Waals surface area contributed by atoms with Gasteiger partial charge in [0.05, 0.1) is 6.10 Å². The van der Waals surface area contributed by atoms with Gasteiger partial charge < -0.3 is 4.74 Å². The van der Waals surface area contributed by atoms with E-state index in [1.165, 1.54) is 0 Å². The fourth-order valence-corrected chi connectivity index (χ4v) is 1.90. The van der Waals surface area contributed by atoms with E-state index in [1.807, 2.05) is 26.0 Å². The average Bonchev–Trinajstić information content (AvgIpc) is 2.28. The average molecular weight is 236 g/mol. The Morgan fingerprint density at radius 1 is 1.31 bits per heavy atom. The summed E-state index contributed by atoms with van der Waals surface area (Å²) in [5.41, 5.74) is 1.16. The van der Waals surface area contributed by atoms with Crippen molar-refractivity contribution in [3.8, 4) is 0 Å². The van der Waals surface area contributed by atoms with Crippen molar-refractivity contribution in [1.29, 1.82) is 0 Å². The number of benzene rings is 1. The van der Waals surface area contributed by atoms with Crippen molar-refractivity contribution in [3.63, 3.8) is 0 Å². The van der Waals surface area contributed by atoms with Crippen LogP contribution in [0.25, 0.3) is 10.8 Å². The fraction of sp³-hybridized carbons (Fsp3) is 0.308. The molecule has 2 nitrogen and oxygen atoms in total. The van der Waals surface area contributed by atoms with Gasteiger partial charge >= 0.3 is 0 Å². The summed E-state index contributed by atoms with van der Waals surface area (Å²) in [4.78, 5) is 4.05. The monoisotopic (exact) mass is 235 g/mol. The highest BCUT2D eigenvalue weighted by Gasteiger charge is 2.05. The number of halogens is 1. The van der Waals surface area contributed by atoms with Crippen LogP contribution in [0.2, 0.25) is 5.15 Å². The molecule has 16 heavy (non-hydrogen) atoms. The number of aromatic nitrogens is 1. The van der Waals surface area contributed by atoms with E-state index >= 15 is 0 Å². The summed E-state index contributed by atoms with van der Waals surface area (Å²) in [5.74, 6) is 0. The molecule has 0 N–H and O–H groups in total. The SMILES string of the molecule is CCOC(C)c1ccc2cnc(Cl)cc2c1. The van der Waals surface area contributed by atoms with Crippen LogP contribution in [0.4, 0.5) is 0 Å². The van der Waals surface area contributed by atoms with E-state index in [2.05, 4.69) is 17.1 Å². The molecule has 84 valence electrons. The van der Waals surface area contributed by atoms with E-state index in [0.717, 1.165) is 22.9 Å². The Labute approximate surface area is 100 Å². The highest BCUT2D eigenvalue weighted by Crippen LogP contribution is 2.23. The molecule has 0 fully saturated rings. The van der Waals surface area contributed by atoms with Crippen LogP contribution in [-0.2, 0) is 4.74 Å². The molecule has 2 aromatic rings. The second-order valence-corrected chi connectivity index (χ2v) is 4.10. The van der Waals surface area contributed by atoms with Gasteiger partial charge in [0.25, 0.3) is 0 Å². The van der Waals surface area contributed by atoms with Crippen molar-refractivity contribution in [2.75, 3.05) is 6.61 Å². The molecule has 0 aliphatic rings. The van der Waals surface area contributed by atoms with E-state index < -0.39 is 0 Å². The number of fused-ring (bicyclic) bond motifs is 1. The van der Waals surface area contributed by atoms with Crippen LogP contribution in [0.15, 0.2) is 30.5 Å². The Morgan fingerprint density at radius 2 is 2.12 bits per heavy atom. The molecule has 1 aromatic carbocycles. The van der Waals surface area contributed by atoms with Crippen LogP contribution < -0.4 is 0 Å². The summed E-state index contributed by atoms with van der Waals surface area (Å²) in [6.45, 7) is 4.77. The van der Waals surface area contributed by atoms with Gasteiger partial charge in [-0.25, -0.2) is 4.98 Å². The van der Waals surface area contributed by atoms with E-state index in [0.29, 0.717) is 5.15 Å². The fourth-order valence-electron chi connectivity index (χ4n) is 1.73. The van der Waals surface area contributed by atoms with Gasteiger partial charge in [-0.3, -0.25) is 0 Å². The van der Waals surface area contributed by atoms with Gasteiger partial charge in [-0.05, 0) is 36.9 Å². The molecule has 0 saturated carbocycles. The molecular weight excluding hydrogens is 222 g/mol. The number of hydrogen-bond acceptors (Lipinski definition) is 2. The van der Waals surface area contributed by atoms with Crippen LogP contribution in [0.3, 0.4) is 0 Å². The number of nitrogens with zero attached hydrogens (tertiary/aromatic N) is 1. The Balaban J connectivity index is 2.42. The van der Waals surface area contributed by atoms with Crippen molar-refractivity contribution in [2.45, 2.75) is 20.0 Å². The number of ether oxygens (including phenoxy) is 1. The normalized spacial score (nSPS) is 12.9. The summed E-state index contributed by atoms with van der Waals surface area (Å²) in [6, 6.07) is 8.09. The maximum atomic E-state index is 5.87. The van der Waals surface area contributed by atoms with Crippen molar-refractivity contribution >= 4 is 22.4 Å². The first-order chi connectivity index (χ1) is 7.70. The lowest BCUT2D eigenvalue weighted by molar-refractivity contribution is 0.0765. The maximum absolute atomic E-state index is 5.87. The maximum Gasteiger partial charge on any atom is 0.129 e. The molecule has 3 heteroatoms. The molecule has 1 aromatic heterocycles. The van der Waals surface area contributed by atoms with Crippen LogP contribution in [0.1, 0.15) is 25.5 Å². The molecule has 0 radical (unpaired) electrons.